The number of aromatic nitrogens is 1. The first-order chi connectivity index (χ1) is 21.6. The summed E-state index contributed by atoms with van der Waals surface area (Å²) in [6, 6.07) is 45.8. The van der Waals surface area contributed by atoms with Crippen molar-refractivity contribution in [1.29, 1.82) is 0 Å². The second kappa shape index (κ2) is 9.26. The highest BCUT2D eigenvalue weighted by atomic mass is 16.5. The standard InChI is InChI=1S/C42H29NO/c1-42(2)38-18-10-9-15-31(38)32-20-19-27(24-39(32)42)44-41-34-17-8-7-16-33(34)40(37-25-43-22-21-35(37)41)36-23-26-11-3-4-12-28(26)29-13-5-6-14-30(29)36/h3-25H,1-2H3. The summed E-state index contributed by atoms with van der Waals surface area (Å²) < 4.78 is 6.94. The van der Waals surface area contributed by atoms with Crippen molar-refractivity contribution in [3.8, 4) is 33.8 Å². The van der Waals surface area contributed by atoms with Crippen LogP contribution in [0.5, 0.6) is 11.5 Å². The third-order valence-corrected chi connectivity index (χ3v) is 9.59. The van der Waals surface area contributed by atoms with E-state index in [9.17, 15) is 0 Å². The molecule has 0 saturated heterocycles. The van der Waals surface area contributed by atoms with Gasteiger partial charge in [-0.25, -0.2) is 0 Å². The molecule has 0 saturated carbocycles. The Balaban J connectivity index is 1.30. The van der Waals surface area contributed by atoms with Gasteiger partial charge in [0.1, 0.15) is 11.5 Å². The van der Waals surface area contributed by atoms with Crippen molar-refractivity contribution >= 4 is 43.1 Å². The number of ether oxygens (including phenoxy) is 1. The predicted octanol–water partition coefficient (Wildman–Crippen LogP) is 11.5. The van der Waals surface area contributed by atoms with Crippen LogP contribution in [0.3, 0.4) is 0 Å². The van der Waals surface area contributed by atoms with Crippen LogP contribution in [0, 0.1) is 0 Å². The molecule has 44 heavy (non-hydrogen) atoms. The molecule has 9 rings (SSSR count). The molecule has 0 radical (unpaired) electrons. The minimum absolute atomic E-state index is 0.0969. The van der Waals surface area contributed by atoms with Crippen molar-refractivity contribution < 1.29 is 4.74 Å². The Hall–Kier alpha value is -5.47. The van der Waals surface area contributed by atoms with Gasteiger partial charge in [-0.05, 0) is 84.6 Å². The van der Waals surface area contributed by atoms with Gasteiger partial charge in [-0.2, -0.15) is 0 Å². The minimum Gasteiger partial charge on any atom is -0.456 e. The molecule has 2 nitrogen and oxygen atoms in total. The Morgan fingerprint density at radius 3 is 2.02 bits per heavy atom. The van der Waals surface area contributed by atoms with E-state index in [0.29, 0.717) is 0 Å². The fourth-order valence-electron chi connectivity index (χ4n) is 7.51. The van der Waals surface area contributed by atoms with E-state index in [-0.39, 0.29) is 5.41 Å². The second-order valence-electron chi connectivity index (χ2n) is 12.3. The number of hydrogen-bond acceptors (Lipinski definition) is 2. The van der Waals surface area contributed by atoms with Gasteiger partial charge in [0, 0.05) is 34.0 Å². The molecule has 1 aliphatic carbocycles. The van der Waals surface area contributed by atoms with E-state index in [0.717, 1.165) is 33.0 Å². The zero-order valence-corrected chi connectivity index (χ0v) is 24.6. The molecule has 1 aliphatic rings. The van der Waals surface area contributed by atoms with Crippen LogP contribution in [-0.4, -0.2) is 4.98 Å². The van der Waals surface area contributed by atoms with Crippen LogP contribution in [0.2, 0.25) is 0 Å². The summed E-state index contributed by atoms with van der Waals surface area (Å²) in [5, 5.41) is 9.34. The molecule has 7 aromatic carbocycles. The second-order valence-corrected chi connectivity index (χ2v) is 12.3. The number of rotatable bonds is 3. The molecule has 1 aromatic heterocycles. The van der Waals surface area contributed by atoms with Crippen molar-refractivity contribution in [3.05, 3.63) is 151 Å². The van der Waals surface area contributed by atoms with Gasteiger partial charge in [-0.3, -0.25) is 4.98 Å². The van der Waals surface area contributed by atoms with Crippen molar-refractivity contribution in [3.63, 3.8) is 0 Å². The molecule has 0 unspecified atom stereocenters. The summed E-state index contributed by atoms with van der Waals surface area (Å²) in [5.41, 5.74) is 7.55. The minimum atomic E-state index is -0.0969. The lowest BCUT2D eigenvalue weighted by Gasteiger charge is -2.22. The Kier molecular flexibility index (Phi) is 5.28. The number of nitrogens with zero attached hydrogens (tertiary/aromatic N) is 1. The van der Waals surface area contributed by atoms with Crippen LogP contribution in [-0.2, 0) is 5.41 Å². The van der Waals surface area contributed by atoms with Crippen LogP contribution in [0.25, 0.3) is 65.3 Å². The molecule has 0 aliphatic heterocycles. The van der Waals surface area contributed by atoms with Gasteiger partial charge in [-0.15, -0.1) is 0 Å². The quantitative estimate of drug-likeness (QED) is 0.158. The van der Waals surface area contributed by atoms with Crippen LogP contribution < -0.4 is 4.74 Å². The monoisotopic (exact) mass is 563 g/mol. The highest BCUT2D eigenvalue weighted by Crippen LogP contribution is 2.51. The smallest absolute Gasteiger partial charge is 0.143 e. The zero-order chi connectivity index (χ0) is 29.4. The maximum absolute atomic E-state index is 6.94. The summed E-state index contributed by atoms with van der Waals surface area (Å²) in [6.07, 6.45) is 3.87. The molecule has 0 fully saturated rings. The molecule has 0 spiro atoms. The molecule has 0 N–H and O–H groups in total. The normalized spacial score (nSPS) is 13.4. The maximum Gasteiger partial charge on any atom is 0.143 e. The topological polar surface area (TPSA) is 22.1 Å². The van der Waals surface area contributed by atoms with E-state index in [2.05, 4.69) is 146 Å². The lowest BCUT2D eigenvalue weighted by molar-refractivity contribution is 0.491. The van der Waals surface area contributed by atoms with Gasteiger partial charge in [0.2, 0.25) is 0 Å². The van der Waals surface area contributed by atoms with Crippen molar-refractivity contribution in [2.45, 2.75) is 19.3 Å². The largest absolute Gasteiger partial charge is 0.456 e. The van der Waals surface area contributed by atoms with Gasteiger partial charge < -0.3 is 4.74 Å². The summed E-state index contributed by atoms with van der Waals surface area (Å²) in [6.45, 7) is 4.61. The number of benzene rings is 7. The van der Waals surface area contributed by atoms with Gasteiger partial charge in [0.25, 0.3) is 0 Å². The molecule has 0 atom stereocenters. The Labute approximate surface area is 256 Å². The average Bonchev–Trinajstić information content (AvgIpc) is 3.30. The van der Waals surface area contributed by atoms with E-state index in [1.54, 1.807) is 0 Å². The fraction of sp³-hybridized carbons (Fsp3) is 0.0714. The lowest BCUT2D eigenvalue weighted by Crippen LogP contribution is -2.14. The van der Waals surface area contributed by atoms with E-state index < -0.39 is 0 Å². The molecule has 208 valence electrons. The number of fused-ring (bicyclic) bond motifs is 8. The molecule has 1 heterocycles. The summed E-state index contributed by atoms with van der Waals surface area (Å²) in [7, 11) is 0. The molecule has 8 aromatic rings. The van der Waals surface area contributed by atoms with Gasteiger partial charge in [0.05, 0.1) is 0 Å². The first-order valence-electron chi connectivity index (χ1n) is 15.2. The average molecular weight is 564 g/mol. The van der Waals surface area contributed by atoms with E-state index in [1.807, 2.05) is 12.4 Å². The number of pyridine rings is 1. The highest BCUT2D eigenvalue weighted by Gasteiger charge is 2.35. The Bertz CT molecular complexity index is 2400. The predicted molar refractivity (Wildman–Crippen MR) is 184 cm³/mol. The zero-order valence-electron chi connectivity index (χ0n) is 24.6. The van der Waals surface area contributed by atoms with Crippen LogP contribution >= 0.6 is 0 Å². The van der Waals surface area contributed by atoms with Crippen LogP contribution in [0.4, 0.5) is 0 Å². The van der Waals surface area contributed by atoms with Crippen molar-refractivity contribution in [2.75, 3.05) is 0 Å². The highest BCUT2D eigenvalue weighted by molar-refractivity contribution is 6.23. The van der Waals surface area contributed by atoms with E-state index >= 15 is 0 Å². The maximum atomic E-state index is 6.94. The van der Waals surface area contributed by atoms with Crippen molar-refractivity contribution in [2.24, 2.45) is 0 Å². The Morgan fingerprint density at radius 1 is 0.500 bits per heavy atom. The SMILES string of the molecule is CC1(C)c2ccccc2-c2ccc(Oc3c4ccccc4c(-c4cc5ccccc5c5ccccc45)c4cnccc34)cc21. The van der Waals surface area contributed by atoms with Crippen LogP contribution in [0.1, 0.15) is 25.0 Å². The van der Waals surface area contributed by atoms with Crippen molar-refractivity contribution in [1.82, 2.24) is 4.98 Å². The molecule has 0 amide bonds. The summed E-state index contributed by atoms with van der Waals surface area (Å²) in [5.74, 6) is 1.71. The molecular formula is C42H29NO. The summed E-state index contributed by atoms with van der Waals surface area (Å²) in [4.78, 5) is 4.63. The number of hydrogen-bond donors (Lipinski definition) is 0. The van der Waals surface area contributed by atoms with Gasteiger partial charge in [0.15, 0.2) is 0 Å². The van der Waals surface area contributed by atoms with E-state index in [4.69, 9.17) is 4.74 Å². The molecular weight excluding hydrogens is 534 g/mol. The third kappa shape index (κ3) is 3.52. The first-order valence-corrected chi connectivity index (χ1v) is 15.2. The molecule has 0 bridgehead atoms. The Morgan fingerprint density at radius 2 is 1.16 bits per heavy atom. The van der Waals surface area contributed by atoms with Crippen LogP contribution in [0.15, 0.2) is 140 Å². The third-order valence-electron chi connectivity index (χ3n) is 9.59. The fourth-order valence-corrected chi connectivity index (χ4v) is 7.51. The lowest BCUT2D eigenvalue weighted by atomic mass is 9.82. The first kappa shape index (κ1) is 25.1. The summed E-state index contributed by atoms with van der Waals surface area (Å²) >= 11 is 0. The molecule has 2 heteroatoms. The van der Waals surface area contributed by atoms with Gasteiger partial charge >= 0.3 is 0 Å². The van der Waals surface area contributed by atoms with Gasteiger partial charge in [-0.1, -0.05) is 117 Å². The van der Waals surface area contributed by atoms with E-state index in [1.165, 1.54) is 54.9 Å².